The van der Waals surface area contributed by atoms with E-state index in [0.29, 0.717) is 15.7 Å². The van der Waals surface area contributed by atoms with Gasteiger partial charge in [0.15, 0.2) is 0 Å². The SMILES string of the molecule is O=C(CSc1ncnc2sc(-c3ccccc3)cc12)Nc1ccc(Cl)c(Cl)c1. The highest BCUT2D eigenvalue weighted by Crippen LogP contribution is 2.36. The number of halogens is 2. The minimum atomic E-state index is -0.145. The summed E-state index contributed by atoms with van der Waals surface area (Å²) < 4.78 is 0. The first kappa shape index (κ1) is 19.2. The number of fused-ring (bicyclic) bond motifs is 1. The fourth-order valence-corrected chi connectivity index (χ4v) is 4.74. The number of nitrogens with one attached hydrogen (secondary N) is 1. The average Bonchev–Trinajstić information content (AvgIpc) is 3.15. The zero-order valence-corrected chi connectivity index (χ0v) is 17.5. The molecule has 0 unspecified atom stereocenters. The number of carbonyl (C=O) groups is 1. The number of nitrogens with zero attached hydrogens (tertiary/aromatic N) is 2. The van der Waals surface area contributed by atoms with Crippen molar-refractivity contribution in [3.63, 3.8) is 0 Å². The topological polar surface area (TPSA) is 54.9 Å². The van der Waals surface area contributed by atoms with Crippen molar-refractivity contribution in [1.29, 1.82) is 0 Å². The van der Waals surface area contributed by atoms with E-state index in [-0.39, 0.29) is 11.7 Å². The van der Waals surface area contributed by atoms with Crippen molar-refractivity contribution >= 4 is 68.1 Å². The second-order valence-corrected chi connectivity index (χ2v) is 8.65. The number of thioether (sulfide) groups is 1. The van der Waals surface area contributed by atoms with E-state index in [1.807, 2.05) is 18.2 Å². The van der Waals surface area contributed by atoms with E-state index in [0.717, 1.165) is 25.7 Å². The van der Waals surface area contributed by atoms with Gasteiger partial charge < -0.3 is 5.32 Å². The normalized spacial score (nSPS) is 10.9. The van der Waals surface area contributed by atoms with E-state index in [1.54, 1.807) is 29.5 Å². The Kier molecular flexibility index (Phi) is 5.82. The molecule has 0 saturated carbocycles. The molecule has 2 heterocycles. The Labute approximate surface area is 179 Å². The van der Waals surface area contributed by atoms with Crippen LogP contribution >= 0.6 is 46.3 Å². The third-order valence-electron chi connectivity index (χ3n) is 3.89. The highest BCUT2D eigenvalue weighted by atomic mass is 35.5. The third-order valence-corrected chi connectivity index (χ3v) is 6.73. The third kappa shape index (κ3) is 4.31. The molecule has 140 valence electrons. The van der Waals surface area contributed by atoms with Gasteiger partial charge in [-0.15, -0.1) is 11.3 Å². The number of hydrogen-bond acceptors (Lipinski definition) is 5. The largest absolute Gasteiger partial charge is 0.325 e. The first-order chi connectivity index (χ1) is 13.6. The van der Waals surface area contributed by atoms with Crippen LogP contribution in [0.3, 0.4) is 0 Å². The van der Waals surface area contributed by atoms with Crippen LogP contribution in [0.15, 0.2) is 66.0 Å². The van der Waals surface area contributed by atoms with Gasteiger partial charge in [-0.1, -0.05) is 65.3 Å². The summed E-state index contributed by atoms with van der Waals surface area (Å²) in [6.45, 7) is 0. The zero-order chi connectivity index (χ0) is 19.5. The standard InChI is InChI=1S/C20H13Cl2N3OS2/c21-15-7-6-13(8-16(15)22)25-18(26)10-27-19-14-9-17(12-4-2-1-3-5-12)28-20(14)24-11-23-19/h1-9,11H,10H2,(H,25,26). The van der Waals surface area contributed by atoms with E-state index in [2.05, 4.69) is 33.5 Å². The van der Waals surface area contributed by atoms with Crippen LogP contribution in [0.2, 0.25) is 10.0 Å². The van der Waals surface area contributed by atoms with Crippen molar-refractivity contribution in [3.8, 4) is 10.4 Å². The Morgan fingerprint density at radius 1 is 1.04 bits per heavy atom. The zero-order valence-electron chi connectivity index (χ0n) is 14.4. The first-order valence-corrected chi connectivity index (χ1v) is 10.8. The maximum Gasteiger partial charge on any atom is 0.234 e. The van der Waals surface area contributed by atoms with Crippen LogP contribution in [0.25, 0.3) is 20.7 Å². The Morgan fingerprint density at radius 3 is 2.64 bits per heavy atom. The molecule has 0 bridgehead atoms. The van der Waals surface area contributed by atoms with Crippen molar-refractivity contribution in [1.82, 2.24) is 9.97 Å². The molecule has 4 nitrogen and oxygen atoms in total. The summed E-state index contributed by atoms with van der Waals surface area (Å²) in [6.07, 6.45) is 1.53. The summed E-state index contributed by atoms with van der Waals surface area (Å²) in [5.74, 6) is 0.0803. The second-order valence-electron chi connectivity index (χ2n) is 5.84. The molecule has 1 N–H and O–H groups in total. The van der Waals surface area contributed by atoms with E-state index in [1.165, 1.54) is 18.1 Å². The molecule has 0 spiro atoms. The molecule has 0 aliphatic rings. The number of carbonyl (C=O) groups excluding carboxylic acids is 1. The molecule has 0 atom stereocenters. The van der Waals surface area contributed by atoms with Crippen molar-refractivity contribution < 1.29 is 4.79 Å². The second kappa shape index (κ2) is 8.49. The summed E-state index contributed by atoms with van der Waals surface area (Å²) in [5, 5.41) is 5.41. The van der Waals surface area contributed by atoms with Crippen LogP contribution < -0.4 is 5.32 Å². The summed E-state index contributed by atoms with van der Waals surface area (Å²) in [4.78, 5) is 23.0. The van der Waals surface area contributed by atoms with Gasteiger partial charge in [-0.05, 0) is 29.8 Å². The number of aromatic nitrogens is 2. The number of amides is 1. The van der Waals surface area contributed by atoms with Crippen LogP contribution in [-0.4, -0.2) is 21.6 Å². The molecule has 0 aliphatic carbocycles. The fourth-order valence-electron chi connectivity index (χ4n) is 2.60. The maximum absolute atomic E-state index is 12.3. The predicted molar refractivity (Wildman–Crippen MR) is 119 cm³/mol. The number of rotatable bonds is 5. The Balaban J connectivity index is 1.49. The molecular formula is C20H13Cl2N3OS2. The van der Waals surface area contributed by atoms with Gasteiger partial charge in [-0.25, -0.2) is 9.97 Å². The van der Waals surface area contributed by atoms with Crippen molar-refractivity contribution in [2.24, 2.45) is 0 Å². The highest BCUT2D eigenvalue weighted by molar-refractivity contribution is 8.00. The molecule has 28 heavy (non-hydrogen) atoms. The molecule has 2 aromatic heterocycles. The lowest BCUT2D eigenvalue weighted by Gasteiger charge is -2.06. The van der Waals surface area contributed by atoms with E-state index < -0.39 is 0 Å². The number of thiophene rings is 1. The lowest BCUT2D eigenvalue weighted by atomic mass is 10.2. The first-order valence-electron chi connectivity index (χ1n) is 8.28. The van der Waals surface area contributed by atoms with Crippen LogP contribution in [0, 0.1) is 0 Å². The van der Waals surface area contributed by atoms with Gasteiger partial charge in [0, 0.05) is 16.0 Å². The number of benzene rings is 2. The molecule has 2 aromatic carbocycles. The van der Waals surface area contributed by atoms with E-state index in [9.17, 15) is 4.79 Å². The molecule has 0 fully saturated rings. The molecule has 0 radical (unpaired) electrons. The summed E-state index contributed by atoms with van der Waals surface area (Å²) in [7, 11) is 0. The molecule has 1 amide bonds. The minimum Gasteiger partial charge on any atom is -0.325 e. The van der Waals surface area contributed by atoms with Gasteiger partial charge in [-0.2, -0.15) is 0 Å². The summed E-state index contributed by atoms with van der Waals surface area (Å²) in [5.41, 5.74) is 1.74. The number of anilines is 1. The van der Waals surface area contributed by atoms with Crippen LogP contribution in [0.4, 0.5) is 5.69 Å². The van der Waals surface area contributed by atoms with Gasteiger partial charge >= 0.3 is 0 Å². The minimum absolute atomic E-state index is 0.145. The van der Waals surface area contributed by atoms with Crippen LogP contribution in [0.1, 0.15) is 0 Å². The van der Waals surface area contributed by atoms with Gasteiger partial charge in [0.05, 0.1) is 15.8 Å². The fraction of sp³-hybridized carbons (Fsp3) is 0.0500. The van der Waals surface area contributed by atoms with Gasteiger partial charge in [0.2, 0.25) is 5.91 Å². The molecule has 4 aromatic rings. The summed E-state index contributed by atoms with van der Waals surface area (Å²) in [6, 6.07) is 17.2. The van der Waals surface area contributed by atoms with Crippen LogP contribution in [0.5, 0.6) is 0 Å². The van der Waals surface area contributed by atoms with E-state index >= 15 is 0 Å². The lowest BCUT2D eigenvalue weighted by molar-refractivity contribution is -0.113. The predicted octanol–water partition coefficient (Wildman–Crippen LogP) is 6.40. The lowest BCUT2D eigenvalue weighted by Crippen LogP contribution is -2.14. The molecular weight excluding hydrogens is 433 g/mol. The summed E-state index contributed by atoms with van der Waals surface area (Å²) >= 11 is 14.9. The smallest absolute Gasteiger partial charge is 0.234 e. The highest BCUT2D eigenvalue weighted by Gasteiger charge is 2.12. The maximum atomic E-state index is 12.3. The van der Waals surface area contributed by atoms with Gasteiger partial charge in [-0.3, -0.25) is 4.79 Å². The van der Waals surface area contributed by atoms with E-state index in [4.69, 9.17) is 23.2 Å². The molecule has 0 saturated heterocycles. The molecule has 8 heteroatoms. The van der Waals surface area contributed by atoms with Crippen LogP contribution in [-0.2, 0) is 4.79 Å². The van der Waals surface area contributed by atoms with Crippen molar-refractivity contribution in [2.75, 3.05) is 11.1 Å². The van der Waals surface area contributed by atoms with Gasteiger partial charge in [0.25, 0.3) is 0 Å². The monoisotopic (exact) mass is 445 g/mol. The molecule has 0 aliphatic heterocycles. The Morgan fingerprint density at radius 2 is 1.86 bits per heavy atom. The average molecular weight is 446 g/mol. The van der Waals surface area contributed by atoms with Crippen molar-refractivity contribution in [3.05, 3.63) is 71.0 Å². The Hall–Kier alpha value is -2.12. The van der Waals surface area contributed by atoms with Crippen molar-refractivity contribution in [2.45, 2.75) is 5.03 Å². The quantitative estimate of drug-likeness (QED) is 0.285. The number of hydrogen-bond donors (Lipinski definition) is 1. The Bertz CT molecular complexity index is 1150. The molecule has 4 rings (SSSR count). The van der Waals surface area contributed by atoms with Gasteiger partial charge in [0.1, 0.15) is 16.2 Å².